The van der Waals surface area contributed by atoms with Crippen LogP contribution in [0.25, 0.3) is 0 Å². The Morgan fingerprint density at radius 2 is 2.13 bits per heavy atom. The summed E-state index contributed by atoms with van der Waals surface area (Å²) in [6.07, 6.45) is 6.12. The number of nitrogen functional groups attached to an aromatic ring is 1. The molecule has 3 rings (SSSR count). The number of ether oxygens (including phenoxy) is 2. The molecule has 1 atom stereocenters. The minimum Gasteiger partial charge on any atom is -0.481 e. The standard InChI is InChI=1S/C17H16FN3O2/c1-22-17-9-11(6-7-20-17)8-12-2-5-16(21-12)23-13-3-4-15(19)14(18)10-13/h2-7,9-10,12H,8,19H2,1H3. The highest BCUT2D eigenvalue weighted by molar-refractivity contribution is 5.91. The first kappa shape index (κ1) is 15.0. The highest BCUT2D eigenvalue weighted by Gasteiger charge is 2.14. The number of rotatable bonds is 4. The second kappa shape index (κ2) is 6.48. The van der Waals surface area contributed by atoms with Crippen LogP contribution in [0.3, 0.4) is 0 Å². The van der Waals surface area contributed by atoms with Gasteiger partial charge in [0.1, 0.15) is 11.6 Å². The SMILES string of the molecule is COc1cc(CC2C=CC(Oc3ccc(N)c(F)c3)=N2)ccn1. The van der Waals surface area contributed by atoms with Gasteiger partial charge in [-0.3, -0.25) is 0 Å². The number of anilines is 1. The average molecular weight is 313 g/mol. The zero-order valence-corrected chi connectivity index (χ0v) is 12.6. The lowest BCUT2D eigenvalue weighted by atomic mass is 10.1. The molecule has 5 nitrogen and oxygen atoms in total. The molecule has 0 saturated heterocycles. The zero-order chi connectivity index (χ0) is 16.2. The van der Waals surface area contributed by atoms with Gasteiger partial charge in [-0.2, -0.15) is 0 Å². The number of nitrogens with two attached hydrogens (primary N) is 1. The normalized spacial score (nSPS) is 16.3. The van der Waals surface area contributed by atoms with E-state index in [4.69, 9.17) is 15.2 Å². The smallest absolute Gasteiger partial charge is 0.215 e. The summed E-state index contributed by atoms with van der Waals surface area (Å²) in [5.74, 6) is 0.874. The molecule has 1 aliphatic rings. The lowest BCUT2D eigenvalue weighted by molar-refractivity contribution is 0.397. The molecule has 2 aromatic rings. The van der Waals surface area contributed by atoms with Crippen molar-refractivity contribution in [2.24, 2.45) is 4.99 Å². The fourth-order valence-electron chi connectivity index (χ4n) is 2.24. The Bertz CT molecular complexity index is 774. The average Bonchev–Trinajstić information content (AvgIpc) is 2.98. The summed E-state index contributed by atoms with van der Waals surface area (Å²) < 4.78 is 24.1. The molecule has 6 heteroatoms. The van der Waals surface area contributed by atoms with E-state index in [0.29, 0.717) is 23.9 Å². The first-order valence-electron chi connectivity index (χ1n) is 7.12. The van der Waals surface area contributed by atoms with Crippen molar-refractivity contribution in [1.29, 1.82) is 0 Å². The largest absolute Gasteiger partial charge is 0.481 e. The molecule has 0 bridgehead atoms. The van der Waals surface area contributed by atoms with Crippen LogP contribution in [0.2, 0.25) is 0 Å². The van der Waals surface area contributed by atoms with Crippen LogP contribution in [0.5, 0.6) is 11.6 Å². The summed E-state index contributed by atoms with van der Waals surface area (Å²) in [5.41, 5.74) is 6.59. The molecule has 1 aromatic carbocycles. The predicted molar refractivity (Wildman–Crippen MR) is 86.3 cm³/mol. The second-order valence-corrected chi connectivity index (χ2v) is 5.09. The van der Waals surface area contributed by atoms with Crippen LogP contribution >= 0.6 is 0 Å². The number of aromatic nitrogens is 1. The lowest BCUT2D eigenvalue weighted by Gasteiger charge is -2.07. The van der Waals surface area contributed by atoms with Gasteiger partial charge < -0.3 is 15.2 Å². The molecule has 118 valence electrons. The number of pyridine rings is 1. The molecule has 0 aliphatic carbocycles. The number of hydrogen-bond acceptors (Lipinski definition) is 5. The van der Waals surface area contributed by atoms with Crippen molar-refractivity contribution in [2.75, 3.05) is 12.8 Å². The first-order chi connectivity index (χ1) is 11.1. The van der Waals surface area contributed by atoms with E-state index >= 15 is 0 Å². The van der Waals surface area contributed by atoms with E-state index in [2.05, 4.69) is 9.98 Å². The molecular weight excluding hydrogens is 297 g/mol. The minimum absolute atomic E-state index is 0.0317. The van der Waals surface area contributed by atoms with Crippen molar-refractivity contribution in [1.82, 2.24) is 4.98 Å². The maximum atomic E-state index is 13.4. The Kier molecular flexibility index (Phi) is 4.23. The van der Waals surface area contributed by atoms with Crippen LogP contribution in [-0.4, -0.2) is 24.0 Å². The lowest BCUT2D eigenvalue weighted by Crippen LogP contribution is -2.07. The molecular formula is C17H16FN3O2. The number of hydrogen-bond donors (Lipinski definition) is 1. The van der Waals surface area contributed by atoms with Crippen LogP contribution in [0, 0.1) is 5.82 Å². The Balaban J connectivity index is 1.66. The monoisotopic (exact) mass is 313 g/mol. The highest BCUT2D eigenvalue weighted by atomic mass is 19.1. The van der Waals surface area contributed by atoms with Gasteiger partial charge >= 0.3 is 0 Å². The third-order valence-corrected chi connectivity index (χ3v) is 3.40. The van der Waals surface area contributed by atoms with Crippen molar-refractivity contribution in [3.63, 3.8) is 0 Å². The molecule has 0 amide bonds. The third-order valence-electron chi connectivity index (χ3n) is 3.40. The van der Waals surface area contributed by atoms with E-state index in [1.54, 1.807) is 25.4 Å². The molecule has 2 N–H and O–H groups in total. The van der Waals surface area contributed by atoms with E-state index in [0.717, 1.165) is 5.56 Å². The third kappa shape index (κ3) is 3.66. The van der Waals surface area contributed by atoms with Crippen LogP contribution in [0.4, 0.5) is 10.1 Å². The molecule has 0 radical (unpaired) electrons. The summed E-state index contributed by atoms with van der Waals surface area (Å²) in [6.45, 7) is 0. The maximum Gasteiger partial charge on any atom is 0.215 e. The second-order valence-electron chi connectivity index (χ2n) is 5.09. The van der Waals surface area contributed by atoms with Gasteiger partial charge in [-0.25, -0.2) is 14.4 Å². The molecule has 1 aliphatic heterocycles. The first-order valence-corrected chi connectivity index (χ1v) is 7.12. The highest BCUT2D eigenvalue weighted by Crippen LogP contribution is 2.20. The summed E-state index contributed by atoms with van der Waals surface area (Å²) in [5, 5.41) is 0. The van der Waals surface area contributed by atoms with Gasteiger partial charge in [-0.15, -0.1) is 0 Å². The van der Waals surface area contributed by atoms with Gasteiger partial charge in [0, 0.05) is 18.3 Å². The number of methoxy groups -OCH3 is 1. The number of benzene rings is 1. The number of aliphatic imine (C=N–C) groups is 1. The Labute approximate surface area is 133 Å². The topological polar surface area (TPSA) is 69.7 Å². The van der Waals surface area contributed by atoms with Gasteiger partial charge in [0.2, 0.25) is 11.8 Å². The van der Waals surface area contributed by atoms with Crippen LogP contribution < -0.4 is 15.2 Å². The van der Waals surface area contributed by atoms with Gasteiger partial charge in [0.05, 0.1) is 18.8 Å². The van der Waals surface area contributed by atoms with E-state index in [1.807, 2.05) is 18.2 Å². The summed E-state index contributed by atoms with van der Waals surface area (Å²) >= 11 is 0. The summed E-state index contributed by atoms with van der Waals surface area (Å²) in [7, 11) is 1.58. The Morgan fingerprint density at radius 1 is 1.26 bits per heavy atom. The zero-order valence-electron chi connectivity index (χ0n) is 12.6. The van der Waals surface area contributed by atoms with Gasteiger partial charge in [0.15, 0.2) is 0 Å². The van der Waals surface area contributed by atoms with E-state index < -0.39 is 5.82 Å². The van der Waals surface area contributed by atoms with E-state index in [1.165, 1.54) is 12.1 Å². The summed E-state index contributed by atoms with van der Waals surface area (Å²) in [4.78, 5) is 8.53. The predicted octanol–water partition coefficient (Wildman–Crippen LogP) is 2.77. The molecule has 23 heavy (non-hydrogen) atoms. The Hall–Kier alpha value is -2.89. The molecule has 1 aromatic heterocycles. The fraction of sp³-hybridized carbons (Fsp3) is 0.176. The maximum absolute atomic E-state index is 13.4. The molecule has 0 saturated carbocycles. The van der Waals surface area contributed by atoms with Gasteiger partial charge in [0.25, 0.3) is 0 Å². The number of nitrogens with zero attached hydrogens (tertiary/aromatic N) is 2. The molecule has 0 fully saturated rings. The van der Waals surface area contributed by atoms with E-state index in [-0.39, 0.29) is 11.7 Å². The van der Waals surface area contributed by atoms with Crippen molar-refractivity contribution >= 4 is 11.6 Å². The minimum atomic E-state index is -0.509. The van der Waals surface area contributed by atoms with Crippen LogP contribution in [0.1, 0.15) is 5.56 Å². The fourth-order valence-corrected chi connectivity index (χ4v) is 2.24. The van der Waals surface area contributed by atoms with E-state index in [9.17, 15) is 4.39 Å². The van der Waals surface area contributed by atoms with Crippen molar-refractivity contribution in [3.8, 4) is 11.6 Å². The van der Waals surface area contributed by atoms with Crippen molar-refractivity contribution in [3.05, 3.63) is 60.1 Å². The summed E-state index contributed by atoms with van der Waals surface area (Å²) in [6, 6.07) is 8.07. The van der Waals surface area contributed by atoms with Crippen molar-refractivity contribution in [2.45, 2.75) is 12.5 Å². The molecule has 2 heterocycles. The molecule has 1 unspecified atom stereocenters. The van der Waals surface area contributed by atoms with Crippen LogP contribution in [0.15, 0.2) is 53.7 Å². The molecule has 0 spiro atoms. The number of halogens is 1. The van der Waals surface area contributed by atoms with Crippen LogP contribution in [-0.2, 0) is 6.42 Å². The van der Waals surface area contributed by atoms with Crippen molar-refractivity contribution < 1.29 is 13.9 Å². The van der Waals surface area contributed by atoms with Gasteiger partial charge in [-0.1, -0.05) is 6.08 Å². The van der Waals surface area contributed by atoms with Gasteiger partial charge in [-0.05, 0) is 36.3 Å². The Morgan fingerprint density at radius 3 is 2.91 bits per heavy atom. The quantitative estimate of drug-likeness (QED) is 0.881.